The number of fused-ring (bicyclic) bond motifs is 2. The van der Waals surface area contributed by atoms with Crippen molar-refractivity contribution < 1.29 is 14.4 Å². The van der Waals surface area contributed by atoms with E-state index in [0.717, 1.165) is 30.8 Å². The lowest BCUT2D eigenvalue weighted by Gasteiger charge is -2.49. The molecule has 4 aliphatic rings. The molecule has 0 bridgehead atoms. The number of carbonyl (C=O) groups is 3. The maximum atomic E-state index is 12.9. The van der Waals surface area contributed by atoms with Gasteiger partial charge in [0.1, 0.15) is 6.04 Å². The van der Waals surface area contributed by atoms with Crippen LogP contribution in [0.25, 0.3) is 0 Å². The number of hydrogen-bond acceptors (Lipinski definition) is 5. The van der Waals surface area contributed by atoms with Crippen LogP contribution >= 0.6 is 0 Å². The standard InChI is InChI=1S/C20H24N4O3/c25-18-6-5-17(19(26)22-18)24-11-13-2-1-12(9-14(13)20(24)27)10-23-8-7-21-15-3-4-16(15)23/h1-2,9,15-17,21H,3-8,10-11H2,(H,22,25,26)/t15-,16+,17?/m0/s1. The van der Waals surface area contributed by atoms with E-state index in [1.54, 1.807) is 4.90 Å². The van der Waals surface area contributed by atoms with Crippen molar-refractivity contribution in [3.63, 3.8) is 0 Å². The Balaban J connectivity index is 1.32. The van der Waals surface area contributed by atoms with Gasteiger partial charge in [-0.2, -0.15) is 0 Å². The second-order valence-corrected chi connectivity index (χ2v) is 8.07. The first kappa shape index (κ1) is 16.9. The van der Waals surface area contributed by atoms with Crippen LogP contribution in [0.15, 0.2) is 18.2 Å². The van der Waals surface area contributed by atoms with Crippen molar-refractivity contribution in [1.82, 2.24) is 20.4 Å². The van der Waals surface area contributed by atoms with Crippen molar-refractivity contribution in [2.24, 2.45) is 0 Å². The van der Waals surface area contributed by atoms with Gasteiger partial charge in [-0.15, -0.1) is 0 Å². The maximum absolute atomic E-state index is 12.9. The molecule has 7 nitrogen and oxygen atoms in total. The molecule has 1 saturated carbocycles. The van der Waals surface area contributed by atoms with Gasteiger partial charge in [0.2, 0.25) is 11.8 Å². The number of nitrogens with zero attached hydrogens (tertiary/aromatic N) is 2. The number of hydrogen-bond donors (Lipinski definition) is 2. The molecule has 0 radical (unpaired) electrons. The lowest BCUT2D eigenvalue weighted by molar-refractivity contribution is -0.136. The summed E-state index contributed by atoms with van der Waals surface area (Å²) in [4.78, 5) is 40.6. The van der Waals surface area contributed by atoms with Gasteiger partial charge in [-0.1, -0.05) is 12.1 Å². The van der Waals surface area contributed by atoms with Crippen LogP contribution in [0.2, 0.25) is 0 Å². The number of imide groups is 1. The Morgan fingerprint density at radius 3 is 2.78 bits per heavy atom. The number of piperazine rings is 1. The average molecular weight is 368 g/mol. The smallest absolute Gasteiger partial charge is 0.255 e. The van der Waals surface area contributed by atoms with Crippen molar-refractivity contribution >= 4 is 17.7 Å². The van der Waals surface area contributed by atoms with Crippen LogP contribution in [0.4, 0.5) is 0 Å². The lowest BCUT2D eigenvalue weighted by Crippen LogP contribution is -2.62. The zero-order valence-corrected chi connectivity index (χ0v) is 15.2. The van der Waals surface area contributed by atoms with Gasteiger partial charge in [-0.3, -0.25) is 24.6 Å². The van der Waals surface area contributed by atoms with E-state index in [2.05, 4.69) is 21.6 Å². The van der Waals surface area contributed by atoms with Gasteiger partial charge >= 0.3 is 0 Å². The molecule has 2 N–H and O–H groups in total. The summed E-state index contributed by atoms with van der Waals surface area (Å²) in [5, 5.41) is 5.92. The van der Waals surface area contributed by atoms with E-state index in [0.29, 0.717) is 30.6 Å². The predicted octanol–water partition coefficient (Wildman–Crippen LogP) is 0.384. The normalized spacial score (nSPS) is 30.6. The Kier molecular flexibility index (Phi) is 4.02. The molecule has 1 aromatic carbocycles. The summed E-state index contributed by atoms with van der Waals surface area (Å²) >= 11 is 0. The van der Waals surface area contributed by atoms with Crippen LogP contribution in [0, 0.1) is 0 Å². The average Bonchev–Trinajstić information content (AvgIpc) is 2.93. The number of nitrogens with one attached hydrogen (secondary N) is 2. The van der Waals surface area contributed by atoms with Crippen molar-refractivity contribution in [2.75, 3.05) is 13.1 Å². The van der Waals surface area contributed by atoms with E-state index in [9.17, 15) is 14.4 Å². The van der Waals surface area contributed by atoms with E-state index < -0.39 is 6.04 Å². The summed E-state index contributed by atoms with van der Waals surface area (Å²) in [6, 6.07) is 6.82. The summed E-state index contributed by atoms with van der Waals surface area (Å²) < 4.78 is 0. The number of benzene rings is 1. The molecule has 1 aromatic rings. The van der Waals surface area contributed by atoms with Crippen LogP contribution in [-0.4, -0.2) is 58.7 Å². The Bertz CT molecular complexity index is 823. The van der Waals surface area contributed by atoms with E-state index in [1.807, 2.05) is 12.1 Å². The minimum absolute atomic E-state index is 0.0943. The molecule has 5 rings (SSSR count). The van der Waals surface area contributed by atoms with Crippen molar-refractivity contribution in [3.8, 4) is 0 Å². The molecule has 3 fully saturated rings. The predicted molar refractivity (Wildman–Crippen MR) is 97.7 cm³/mol. The topological polar surface area (TPSA) is 81.8 Å². The first-order chi connectivity index (χ1) is 13.1. The van der Waals surface area contributed by atoms with Gasteiger partial charge in [0.25, 0.3) is 5.91 Å². The van der Waals surface area contributed by atoms with Crippen LogP contribution < -0.4 is 10.6 Å². The fourth-order valence-corrected chi connectivity index (χ4v) is 4.85. The van der Waals surface area contributed by atoms with Gasteiger partial charge in [0.05, 0.1) is 0 Å². The van der Waals surface area contributed by atoms with Gasteiger partial charge in [-0.25, -0.2) is 0 Å². The summed E-state index contributed by atoms with van der Waals surface area (Å²) in [5.41, 5.74) is 2.83. The third-order valence-electron chi connectivity index (χ3n) is 6.49. The highest BCUT2D eigenvalue weighted by atomic mass is 16.2. The van der Waals surface area contributed by atoms with Crippen LogP contribution in [0.3, 0.4) is 0 Å². The molecule has 0 aromatic heterocycles. The van der Waals surface area contributed by atoms with Crippen LogP contribution in [-0.2, 0) is 22.7 Å². The molecule has 3 heterocycles. The third kappa shape index (κ3) is 2.85. The van der Waals surface area contributed by atoms with Crippen molar-refractivity contribution in [1.29, 1.82) is 0 Å². The minimum Gasteiger partial charge on any atom is -0.322 e. The second kappa shape index (κ2) is 6.42. The SMILES string of the molecule is O=C1CCC(N2Cc3ccc(CN4CCN[C@H]5CC[C@H]54)cc3C2=O)C(=O)N1. The zero-order valence-electron chi connectivity index (χ0n) is 15.2. The summed E-state index contributed by atoms with van der Waals surface area (Å²) in [5.74, 6) is -0.708. The molecule has 1 unspecified atom stereocenters. The molecule has 3 atom stereocenters. The first-order valence-corrected chi connectivity index (χ1v) is 9.84. The Morgan fingerprint density at radius 2 is 2.00 bits per heavy atom. The lowest BCUT2D eigenvalue weighted by atomic mass is 9.83. The summed E-state index contributed by atoms with van der Waals surface area (Å²) in [7, 11) is 0. The molecule has 1 aliphatic carbocycles. The van der Waals surface area contributed by atoms with Gasteiger partial charge < -0.3 is 10.2 Å². The molecule has 142 valence electrons. The highest BCUT2D eigenvalue weighted by molar-refractivity contribution is 6.05. The van der Waals surface area contributed by atoms with Crippen LogP contribution in [0.1, 0.15) is 47.2 Å². The molecular formula is C20H24N4O3. The number of amides is 3. The maximum Gasteiger partial charge on any atom is 0.255 e. The first-order valence-electron chi connectivity index (χ1n) is 9.84. The van der Waals surface area contributed by atoms with E-state index in [1.165, 1.54) is 12.8 Å². The number of carbonyl (C=O) groups excluding carboxylic acids is 3. The molecule has 3 aliphatic heterocycles. The number of piperidine rings is 1. The number of rotatable bonds is 3. The molecule has 0 spiro atoms. The minimum atomic E-state index is -0.546. The van der Waals surface area contributed by atoms with E-state index >= 15 is 0 Å². The monoisotopic (exact) mass is 368 g/mol. The largest absolute Gasteiger partial charge is 0.322 e. The molecule has 2 saturated heterocycles. The Hall–Kier alpha value is -2.25. The van der Waals surface area contributed by atoms with Crippen molar-refractivity contribution in [2.45, 2.75) is 56.9 Å². The second-order valence-electron chi connectivity index (χ2n) is 8.07. The molecule has 27 heavy (non-hydrogen) atoms. The summed E-state index contributed by atoms with van der Waals surface area (Å²) in [6.07, 6.45) is 3.18. The Morgan fingerprint density at radius 1 is 1.11 bits per heavy atom. The van der Waals surface area contributed by atoms with Crippen molar-refractivity contribution in [3.05, 3.63) is 34.9 Å². The Labute approximate surface area is 158 Å². The molecule has 7 heteroatoms. The fourth-order valence-electron chi connectivity index (χ4n) is 4.85. The third-order valence-corrected chi connectivity index (χ3v) is 6.49. The van der Waals surface area contributed by atoms with Gasteiger partial charge in [0, 0.05) is 50.2 Å². The zero-order chi connectivity index (χ0) is 18.5. The highest BCUT2D eigenvalue weighted by Gasteiger charge is 2.40. The van der Waals surface area contributed by atoms with Gasteiger partial charge in [-0.05, 0) is 36.5 Å². The highest BCUT2D eigenvalue weighted by Crippen LogP contribution is 2.31. The summed E-state index contributed by atoms with van der Waals surface area (Å²) in [6.45, 7) is 3.36. The molecule has 3 amide bonds. The van der Waals surface area contributed by atoms with Crippen LogP contribution in [0.5, 0.6) is 0 Å². The quantitative estimate of drug-likeness (QED) is 0.754. The van der Waals surface area contributed by atoms with E-state index in [4.69, 9.17) is 0 Å². The van der Waals surface area contributed by atoms with Gasteiger partial charge in [0.15, 0.2) is 0 Å². The molecular weight excluding hydrogens is 344 g/mol. The fraction of sp³-hybridized carbons (Fsp3) is 0.550. The van der Waals surface area contributed by atoms with E-state index in [-0.39, 0.29) is 24.1 Å².